The Hall–Kier alpha value is -1.77. The lowest BCUT2D eigenvalue weighted by molar-refractivity contribution is -0.117. The van der Waals surface area contributed by atoms with Gasteiger partial charge in [0.25, 0.3) is 0 Å². The van der Waals surface area contributed by atoms with E-state index in [4.69, 9.17) is 5.73 Å². The van der Waals surface area contributed by atoms with Crippen molar-refractivity contribution in [2.24, 2.45) is 5.73 Å². The average molecular weight is 328 g/mol. The molecule has 2 rings (SSSR count). The lowest BCUT2D eigenvalue weighted by Crippen LogP contribution is -2.27. The highest BCUT2D eigenvalue weighted by molar-refractivity contribution is 7.90. The zero-order valence-corrected chi connectivity index (χ0v) is 12.7. The van der Waals surface area contributed by atoms with E-state index in [1.807, 2.05) is 0 Å². The molecule has 21 heavy (non-hydrogen) atoms. The summed E-state index contributed by atoms with van der Waals surface area (Å²) in [5, 5.41) is 4.09. The number of nitrogens with one attached hydrogen (secondary N) is 1. The minimum atomic E-state index is -3.49. The molecule has 112 valence electrons. The first-order valence-corrected chi connectivity index (χ1v) is 8.65. The van der Waals surface area contributed by atoms with Crippen LogP contribution in [0.5, 0.6) is 0 Å². The van der Waals surface area contributed by atoms with Gasteiger partial charge < -0.3 is 11.1 Å². The first-order valence-electron chi connectivity index (χ1n) is 5.88. The number of carbonyl (C=O) groups excluding carboxylic acids is 1. The summed E-state index contributed by atoms with van der Waals surface area (Å²) in [7, 11) is -3.49. The van der Waals surface area contributed by atoms with Crippen LogP contribution in [0.1, 0.15) is 10.9 Å². The minimum Gasteiger partial charge on any atom is -0.322 e. The number of nitrogens with two attached hydrogens (primary N) is 1. The monoisotopic (exact) mass is 328 g/mol. The Labute approximate surface area is 125 Å². The van der Waals surface area contributed by atoms with E-state index in [0.717, 1.165) is 24.5 Å². The maximum atomic E-state index is 13.7. The van der Waals surface area contributed by atoms with Gasteiger partial charge >= 0.3 is 0 Å². The van der Waals surface area contributed by atoms with Crippen LogP contribution in [0.15, 0.2) is 40.6 Å². The molecule has 0 aliphatic heterocycles. The fourth-order valence-corrected chi connectivity index (χ4v) is 3.01. The van der Waals surface area contributed by atoms with Crippen LogP contribution in [-0.2, 0) is 14.6 Å². The summed E-state index contributed by atoms with van der Waals surface area (Å²) >= 11 is 1.31. The van der Waals surface area contributed by atoms with Crippen molar-refractivity contribution in [3.05, 3.63) is 46.4 Å². The highest BCUT2D eigenvalue weighted by Crippen LogP contribution is 2.22. The highest BCUT2D eigenvalue weighted by Gasteiger charge is 2.19. The Morgan fingerprint density at radius 1 is 1.38 bits per heavy atom. The van der Waals surface area contributed by atoms with Gasteiger partial charge in [0.15, 0.2) is 9.84 Å². The molecule has 1 heterocycles. The number of carbonyl (C=O) groups is 1. The molecule has 0 spiro atoms. The van der Waals surface area contributed by atoms with E-state index >= 15 is 0 Å². The van der Waals surface area contributed by atoms with Crippen molar-refractivity contribution in [3.8, 4) is 0 Å². The predicted octanol–water partition coefficient (Wildman–Crippen LogP) is 1.93. The Balaban J connectivity index is 2.25. The maximum Gasteiger partial charge on any atom is 0.246 e. The zero-order chi connectivity index (χ0) is 15.6. The van der Waals surface area contributed by atoms with Crippen molar-refractivity contribution >= 4 is 32.8 Å². The molecule has 5 nitrogen and oxygen atoms in total. The van der Waals surface area contributed by atoms with E-state index in [2.05, 4.69) is 5.32 Å². The molecule has 0 bridgehead atoms. The molecule has 0 aliphatic rings. The summed E-state index contributed by atoms with van der Waals surface area (Å²) in [5.74, 6) is -1.34. The van der Waals surface area contributed by atoms with Crippen LogP contribution in [0, 0.1) is 5.82 Å². The molecule has 3 N–H and O–H groups in total. The van der Waals surface area contributed by atoms with Crippen molar-refractivity contribution in [1.29, 1.82) is 0 Å². The molecule has 1 aromatic carbocycles. The first kappa shape index (κ1) is 15.6. The van der Waals surface area contributed by atoms with Crippen molar-refractivity contribution in [3.63, 3.8) is 0 Å². The van der Waals surface area contributed by atoms with Gasteiger partial charge in [-0.1, -0.05) is 6.07 Å². The second kappa shape index (κ2) is 5.92. The Morgan fingerprint density at radius 3 is 2.67 bits per heavy atom. The van der Waals surface area contributed by atoms with E-state index in [9.17, 15) is 17.6 Å². The largest absolute Gasteiger partial charge is 0.322 e. The SMILES string of the molecule is CS(=O)(=O)c1ccc(F)c(NC(=O)C(N)c2cccs2)c1. The van der Waals surface area contributed by atoms with Crippen LogP contribution < -0.4 is 11.1 Å². The third kappa shape index (κ3) is 3.66. The summed E-state index contributed by atoms with van der Waals surface area (Å²) < 4.78 is 36.6. The number of sulfone groups is 1. The molecule has 1 aromatic heterocycles. The van der Waals surface area contributed by atoms with Crippen LogP contribution in [-0.4, -0.2) is 20.6 Å². The summed E-state index contributed by atoms with van der Waals surface area (Å²) in [4.78, 5) is 12.5. The summed E-state index contributed by atoms with van der Waals surface area (Å²) in [6, 6.07) is 5.70. The molecule has 0 radical (unpaired) electrons. The van der Waals surface area contributed by atoms with E-state index in [1.165, 1.54) is 11.3 Å². The maximum absolute atomic E-state index is 13.7. The minimum absolute atomic E-state index is 0.0797. The topological polar surface area (TPSA) is 89.3 Å². The van der Waals surface area contributed by atoms with Gasteiger partial charge in [0.05, 0.1) is 10.6 Å². The van der Waals surface area contributed by atoms with Crippen LogP contribution in [0.25, 0.3) is 0 Å². The molecule has 0 fully saturated rings. The molecular formula is C13H13FN2O3S2. The molecule has 8 heteroatoms. The van der Waals surface area contributed by atoms with Crippen LogP contribution in [0.4, 0.5) is 10.1 Å². The van der Waals surface area contributed by atoms with E-state index in [-0.39, 0.29) is 10.6 Å². The van der Waals surface area contributed by atoms with Crippen molar-refractivity contribution in [2.75, 3.05) is 11.6 Å². The lowest BCUT2D eigenvalue weighted by atomic mass is 10.2. The summed E-state index contributed by atoms with van der Waals surface area (Å²) in [6.45, 7) is 0. The third-order valence-corrected chi connectivity index (χ3v) is 4.82. The number of benzene rings is 1. The molecule has 1 unspecified atom stereocenters. The number of hydrogen-bond acceptors (Lipinski definition) is 5. The summed E-state index contributed by atoms with van der Waals surface area (Å²) in [5.41, 5.74) is 5.55. The number of amides is 1. The molecule has 1 atom stereocenters. The lowest BCUT2D eigenvalue weighted by Gasteiger charge is -2.12. The van der Waals surface area contributed by atoms with Gasteiger partial charge in [0.1, 0.15) is 11.9 Å². The van der Waals surface area contributed by atoms with Gasteiger partial charge in [-0.15, -0.1) is 11.3 Å². The van der Waals surface area contributed by atoms with E-state index in [0.29, 0.717) is 4.88 Å². The van der Waals surface area contributed by atoms with Crippen molar-refractivity contribution in [1.82, 2.24) is 0 Å². The third-order valence-electron chi connectivity index (χ3n) is 2.76. The Morgan fingerprint density at radius 2 is 2.10 bits per heavy atom. The van der Waals surface area contributed by atoms with Crippen LogP contribution >= 0.6 is 11.3 Å². The second-order valence-corrected chi connectivity index (χ2v) is 7.39. The van der Waals surface area contributed by atoms with Crippen molar-refractivity contribution in [2.45, 2.75) is 10.9 Å². The Kier molecular flexibility index (Phi) is 4.40. The highest BCUT2D eigenvalue weighted by atomic mass is 32.2. The molecule has 0 saturated carbocycles. The first-order chi connectivity index (χ1) is 9.79. The van der Waals surface area contributed by atoms with Crippen molar-refractivity contribution < 1.29 is 17.6 Å². The number of thiophene rings is 1. The van der Waals surface area contributed by atoms with E-state index in [1.54, 1.807) is 17.5 Å². The standard InChI is InChI=1S/C13H13FN2O3S2/c1-21(18,19)8-4-5-9(14)10(7-8)16-13(17)12(15)11-3-2-6-20-11/h2-7,12H,15H2,1H3,(H,16,17). The molecule has 0 aliphatic carbocycles. The van der Waals surface area contributed by atoms with Gasteiger partial charge in [-0.2, -0.15) is 0 Å². The zero-order valence-electron chi connectivity index (χ0n) is 11.0. The predicted molar refractivity (Wildman–Crippen MR) is 79.4 cm³/mol. The fraction of sp³-hybridized carbons (Fsp3) is 0.154. The normalized spacial score (nSPS) is 12.9. The summed E-state index contributed by atoms with van der Waals surface area (Å²) in [6.07, 6.45) is 1.00. The number of anilines is 1. The molecule has 1 amide bonds. The number of rotatable bonds is 4. The number of hydrogen-bond donors (Lipinski definition) is 2. The van der Waals surface area contributed by atoms with Gasteiger partial charge in [-0.25, -0.2) is 12.8 Å². The van der Waals surface area contributed by atoms with Gasteiger partial charge in [0.2, 0.25) is 5.91 Å². The van der Waals surface area contributed by atoms with Gasteiger partial charge in [-0.05, 0) is 29.6 Å². The molecule has 0 saturated heterocycles. The average Bonchev–Trinajstić information content (AvgIpc) is 2.92. The van der Waals surface area contributed by atoms with Crippen LogP contribution in [0.2, 0.25) is 0 Å². The quantitative estimate of drug-likeness (QED) is 0.839. The van der Waals surface area contributed by atoms with Gasteiger partial charge in [-0.3, -0.25) is 4.79 Å². The van der Waals surface area contributed by atoms with Gasteiger partial charge in [0, 0.05) is 11.1 Å². The molecule has 2 aromatic rings. The number of halogens is 1. The molecular weight excluding hydrogens is 315 g/mol. The van der Waals surface area contributed by atoms with E-state index < -0.39 is 27.6 Å². The fourth-order valence-electron chi connectivity index (χ4n) is 1.64. The Bertz CT molecular complexity index is 758. The smallest absolute Gasteiger partial charge is 0.246 e. The van der Waals surface area contributed by atoms with Crippen LogP contribution in [0.3, 0.4) is 0 Å². The second-order valence-electron chi connectivity index (χ2n) is 4.40.